The van der Waals surface area contributed by atoms with Crippen molar-refractivity contribution < 1.29 is 14.6 Å². The molecule has 1 aliphatic heterocycles. The molecule has 1 aromatic carbocycles. The van der Waals surface area contributed by atoms with Crippen LogP contribution in [0.4, 0.5) is 4.79 Å². The molecule has 2 aliphatic rings. The number of benzene rings is 1. The fourth-order valence-corrected chi connectivity index (χ4v) is 4.42. The lowest BCUT2D eigenvalue weighted by atomic mass is 10.1. The molecule has 28 heavy (non-hydrogen) atoms. The summed E-state index contributed by atoms with van der Waals surface area (Å²) in [6.45, 7) is 5.14. The largest absolute Gasteiger partial charge is 0.447 e. The first-order valence-electron chi connectivity index (χ1n) is 9.89. The summed E-state index contributed by atoms with van der Waals surface area (Å²) in [6.07, 6.45) is 1.26. The Morgan fingerprint density at radius 1 is 1.46 bits per heavy atom. The van der Waals surface area contributed by atoms with Crippen LogP contribution in [0.5, 0.6) is 0 Å². The minimum Gasteiger partial charge on any atom is -0.447 e. The van der Waals surface area contributed by atoms with Gasteiger partial charge in [0.2, 0.25) is 0 Å². The molecule has 1 aromatic heterocycles. The van der Waals surface area contributed by atoms with Crippen molar-refractivity contribution in [2.45, 2.75) is 63.9 Å². The standard InChI is InChI=1S/C21H26N4O3/c1-12(2)28-21(27)24-14-8-16-15-7-13(10-22)3-4-18(15)25(19(16)9-14)11-17-20(26)5-6-23-17/h3-4,7,12,14,17,20,23,26H,5-6,8-9,11H2,1-2H3,(H,24,27)/t14-,17?,20+/m0/s1. The van der Waals surface area contributed by atoms with Crippen LogP contribution in [0.15, 0.2) is 18.2 Å². The maximum atomic E-state index is 12.0. The third-order valence-electron chi connectivity index (χ3n) is 5.66. The average Bonchev–Trinajstić information content (AvgIpc) is 3.30. The molecule has 7 heteroatoms. The fraction of sp³-hybridized carbons (Fsp3) is 0.524. The van der Waals surface area contributed by atoms with Gasteiger partial charge in [-0.3, -0.25) is 0 Å². The van der Waals surface area contributed by atoms with E-state index in [1.54, 1.807) is 0 Å². The number of fused-ring (bicyclic) bond motifs is 3. The molecular weight excluding hydrogens is 356 g/mol. The first kappa shape index (κ1) is 18.8. The zero-order chi connectivity index (χ0) is 19.8. The highest BCUT2D eigenvalue weighted by molar-refractivity contribution is 5.88. The van der Waals surface area contributed by atoms with E-state index >= 15 is 0 Å². The van der Waals surface area contributed by atoms with Crippen molar-refractivity contribution in [2.24, 2.45) is 0 Å². The van der Waals surface area contributed by atoms with Crippen LogP contribution in [-0.2, 0) is 24.1 Å². The van der Waals surface area contributed by atoms with E-state index in [0.29, 0.717) is 24.9 Å². The summed E-state index contributed by atoms with van der Waals surface area (Å²) >= 11 is 0. The summed E-state index contributed by atoms with van der Waals surface area (Å²) in [5.74, 6) is 0. The van der Waals surface area contributed by atoms with Crippen molar-refractivity contribution in [3.63, 3.8) is 0 Å². The Balaban J connectivity index is 1.65. The number of aromatic nitrogens is 1. The average molecular weight is 382 g/mol. The number of rotatable bonds is 4. The van der Waals surface area contributed by atoms with Gasteiger partial charge in [-0.1, -0.05) is 0 Å². The van der Waals surface area contributed by atoms with Gasteiger partial charge in [0.1, 0.15) is 0 Å². The predicted octanol–water partition coefficient (Wildman–Crippen LogP) is 1.84. The Kier molecular flexibility index (Phi) is 5.00. The van der Waals surface area contributed by atoms with Crippen LogP contribution >= 0.6 is 0 Å². The van der Waals surface area contributed by atoms with Crippen molar-refractivity contribution in [3.05, 3.63) is 35.0 Å². The SMILES string of the molecule is CC(C)OC(=O)N[C@H]1Cc2c(n(CC3NCC[C@H]3O)c3ccc(C#N)cc23)C1. The van der Waals surface area contributed by atoms with E-state index in [9.17, 15) is 15.2 Å². The number of ether oxygens (including phenoxy) is 1. The third-order valence-corrected chi connectivity index (χ3v) is 5.66. The second-order valence-electron chi connectivity index (χ2n) is 8.00. The van der Waals surface area contributed by atoms with E-state index in [1.807, 2.05) is 32.0 Å². The van der Waals surface area contributed by atoms with Crippen LogP contribution in [0.2, 0.25) is 0 Å². The molecule has 0 radical (unpaired) electrons. The van der Waals surface area contributed by atoms with Gasteiger partial charge in [0.15, 0.2) is 0 Å². The zero-order valence-corrected chi connectivity index (χ0v) is 16.2. The topological polar surface area (TPSA) is 99.3 Å². The number of carbonyl (C=O) groups is 1. The van der Waals surface area contributed by atoms with E-state index in [4.69, 9.17) is 4.74 Å². The lowest BCUT2D eigenvalue weighted by Crippen LogP contribution is -2.38. The van der Waals surface area contributed by atoms with E-state index in [2.05, 4.69) is 21.3 Å². The minimum absolute atomic E-state index is 0.00765. The van der Waals surface area contributed by atoms with Gasteiger partial charge in [0.05, 0.1) is 29.9 Å². The van der Waals surface area contributed by atoms with Crippen LogP contribution in [0, 0.1) is 11.3 Å². The van der Waals surface area contributed by atoms with Gasteiger partial charge in [-0.25, -0.2) is 4.79 Å². The molecule has 3 N–H and O–H groups in total. The number of nitrogens with zero attached hydrogens (tertiary/aromatic N) is 2. The number of carbonyl (C=O) groups excluding carboxylic acids is 1. The number of hydrogen-bond donors (Lipinski definition) is 3. The van der Waals surface area contributed by atoms with Crippen LogP contribution in [0.1, 0.15) is 37.1 Å². The lowest BCUT2D eigenvalue weighted by molar-refractivity contribution is 0.112. The van der Waals surface area contributed by atoms with Crippen molar-refractivity contribution in [1.82, 2.24) is 15.2 Å². The van der Waals surface area contributed by atoms with Gasteiger partial charge >= 0.3 is 6.09 Å². The first-order chi connectivity index (χ1) is 13.5. The Morgan fingerprint density at radius 2 is 2.29 bits per heavy atom. The van der Waals surface area contributed by atoms with Gasteiger partial charge in [-0.15, -0.1) is 0 Å². The number of amides is 1. The van der Waals surface area contributed by atoms with Gasteiger partial charge in [-0.2, -0.15) is 5.26 Å². The molecule has 1 aliphatic carbocycles. The van der Waals surface area contributed by atoms with Gasteiger partial charge in [-0.05, 0) is 57.0 Å². The van der Waals surface area contributed by atoms with Gasteiger partial charge in [0, 0.05) is 35.6 Å². The normalized spacial score (nSPS) is 23.8. The minimum atomic E-state index is -0.397. The monoisotopic (exact) mass is 382 g/mol. The third kappa shape index (κ3) is 3.46. The summed E-state index contributed by atoms with van der Waals surface area (Å²) in [4.78, 5) is 12.0. The molecule has 0 spiro atoms. The molecule has 2 heterocycles. The molecule has 4 rings (SSSR count). The molecule has 3 atom stereocenters. The number of nitriles is 1. The summed E-state index contributed by atoms with van der Waals surface area (Å²) in [7, 11) is 0. The quantitative estimate of drug-likeness (QED) is 0.749. The number of aliphatic hydroxyl groups excluding tert-OH is 1. The van der Waals surface area contributed by atoms with Crippen molar-refractivity contribution in [1.29, 1.82) is 5.26 Å². The Hall–Kier alpha value is -2.56. The summed E-state index contributed by atoms with van der Waals surface area (Å²) < 4.78 is 7.46. The van der Waals surface area contributed by atoms with E-state index in [1.165, 1.54) is 11.3 Å². The lowest BCUT2D eigenvalue weighted by Gasteiger charge is -2.20. The van der Waals surface area contributed by atoms with Crippen LogP contribution in [0.25, 0.3) is 10.9 Å². The van der Waals surface area contributed by atoms with Crippen molar-refractivity contribution in [2.75, 3.05) is 6.54 Å². The zero-order valence-electron chi connectivity index (χ0n) is 16.2. The molecule has 1 saturated heterocycles. The summed E-state index contributed by atoms with van der Waals surface area (Å²) in [5, 5.41) is 26.9. The highest BCUT2D eigenvalue weighted by atomic mass is 16.6. The van der Waals surface area contributed by atoms with Crippen LogP contribution in [0.3, 0.4) is 0 Å². The Labute approximate surface area is 164 Å². The summed E-state index contributed by atoms with van der Waals surface area (Å²) in [5.41, 5.74) is 4.05. The highest BCUT2D eigenvalue weighted by Crippen LogP contribution is 2.34. The predicted molar refractivity (Wildman–Crippen MR) is 105 cm³/mol. The van der Waals surface area contributed by atoms with Crippen LogP contribution in [-0.4, -0.2) is 46.6 Å². The molecule has 148 valence electrons. The molecule has 7 nitrogen and oxygen atoms in total. The number of alkyl carbamates (subject to hydrolysis) is 1. The van der Waals surface area contributed by atoms with Gasteiger partial charge < -0.3 is 25.0 Å². The molecule has 1 amide bonds. The van der Waals surface area contributed by atoms with E-state index in [-0.39, 0.29) is 24.3 Å². The fourth-order valence-electron chi connectivity index (χ4n) is 4.42. The first-order valence-corrected chi connectivity index (χ1v) is 9.89. The second-order valence-corrected chi connectivity index (χ2v) is 8.00. The van der Waals surface area contributed by atoms with Crippen LogP contribution < -0.4 is 10.6 Å². The maximum absolute atomic E-state index is 12.0. The maximum Gasteiger partial charge on any atom is 0.407 e. The molecule has 1 fully saturated rings. The number of nitrogens with one attached hydrogen (secondary N) is 2. The smallest absolute Gasteiger partial charge is 0.407 e. The van der Waals surface area contributed by atoms with E-state index < -0.39 is 6.09 Å². The van der Waals surface area contributed by atoms with Crippen molar-refractivity contribution in [3.8, 4) is 6.07 Å². The molecule has 2 aromatic rings. The Bertz CT molecular complexity index is 943. The molecule has 0 bridgehead atoms. The molecule has 1 unspecified atom stereocenters. The van der Waals surface area contributed by atoms with E-state index in [0.717, 1.165) is 23.9 Å². The number of aliphatic hydroxyl groups is 1. The van der Waals surface area contributed by atoms with Gasteiger partial charge in [0.25, 0.3) is 0 Å². The second kappa shape index (κ2) is 7.46. The summed E-state index contributed by atoms with van der Waals surface area (Å²) in [6, 6.07) is 7.95. The Morgan fingerprint density at radius 3 is 2.96 bits per heavy atom. The highest BCUT2D eigenvalue weighted by Gasteiger charge is 2.32. The number of hydrogen-bond acceptors (Lipinski definition) is 5. The molecular formula is C21H26N4O3. The molecule has 0 saturated carbocycles. The van der Waals surface area contributed by atoms with Crippen molar-refractivity contribution >= 4 is 17.0 Å².